The Balaban J connectivity index is 0.000000743. The molecule has 0 atom stereocenters. The van der Waals surface area contributed by atoms with Crippen molar-refractivity contribution in [1.82, 2.24) is 0 Å². The van der Waals surface area contributed by atoms with E-state index in [1.165, 1.54) is 33.4 Å². The molecule has 0 radical (unpaired) electrons. The van der Waals surface area contributed by atoms with Gasteiger partial charge < -0.3 is 27.9 Å². The third-order valence-electron chi connectivity index (χ3n) is 7.15. The molecule has 1 aliphatic carbocycles. The monoisotopic (exact) mass is 605 g/mol. The van der Waals surface area contributed by atoms with Gasteiger partial charge in [-0.2, -0.15) is 0 Å². The standard InChI is InChI=1S/C37H31N3.BF4/c1-5-14-28(15-6-1)34-22-13-23-35(36(34)29-16-7-2-8-17-29)40-37-30(26-38-32-18-9-3-10-19-32)24-25-31(37)27-39-33-20-11-4-12-21-33;2-1(3,4)5/h1-23,26-27,38-39H,24-25H2;/q;-1/p+1/b30-26-,31-27+,40-37?;. The van der Waals surface area contributed by atoms with Crippen LogP contribution in [-0.4, -0.2) is 13.0 Å². The van der Waals surface area contributed by atoms with Crippen LogP contribution in [-0.2, 0) is 0 Å². The highest BCUT2D eigenvalue weighted by Gasteiger charge is 2.28. The first-order chi connectivity index (χ1) is 21.8. The van der Waals surface area contributed by atoms with Crippen molar-refractivity contribution in [3.63, 3.8) is 0 Å². The average molecular weight is 605 g/mol. The molecular weight excluding hydrogens is 573 g/mol. The Hall–Kier alpha value is -5.37. The van der Waals surface area contributed by atoms with E-state index >= 15 is 0 Å². The number of hydrogen-bond acceptors (Lipinski definition) is 2. The minimum Gasteiger partial charge on any atom is -0.418 e. The lowest BCUT2D eigenvalue weighted by atomic mass is 9.93. The molecule has 226 valence electrons. The second-order valence-corrected chi connectivity index (χ2v) is 10.3. The molecule has 8 heteroatoms. The number of halogens is 4. The predicted molar refractivity (Wildman–Crippen MR) is 179 cm³/mol. The second kappa shape index (κ2) is 14.9. The SMILES string of the molecule is C(/Nc1ccccc1)=C1\CC/C(=C\Nc2ccccc2)C1=[NH+]c1cccc(-c2ccccc2)c1-c1ccccc1.F[B-](F)(F)F. The molecule has 5 aromatic rings. The molecule has 0 spiro atoms. The number of para-hydroxylation sites is 2. The van der Waals surface area contributed by atoms with E-state index in [9.17, 15) is 17.3 Å². The van der Waals surface area contributed by atoms with E-state index in [4.69, 9.17) is 0 Å². The molecule has 3 N–H and O–H groups in total. The van der Waals surface area contributed by atoms with Gasteiger partial charge in [-0.05, 0) is 53.8 Å². The summed E-state index contributed by atoms with van der Waals surface area (Å²) in [5, 5.41) is 7.02. The van der Waals surface area contributed by atoms with Crippen LogP contribution in [0.25, 0.3) is 22.3 Å². The summed E-state index contributed by atoms with van der Waals surface area (Å²) < 4.78 is 39.0. The maximum absolute atomic E-state index is 9.75. The first-order valence-electron chi connectivity index (χ1n) is 14.6. The van der Waals surface area contributed by atoms with Crippen LogP contribution >= 0.6 is 0 Å². The van der Waals surface area contributed by atoms with Crippen molar-refractivity contribution in [2.75, 3.05) is 10.6 Å². The number of anilines is 2. The summed E-state index contributed by atoms with van der Waals surface area (Å²) in [7, 11) is -6.00. The lowest BCUT2D eigenvalue weighted by Gasteiger charge is -2.11. The summed E-state index contributed by atoms with van der Waals surface area (Å²) in [6.45, 7) is 0. The van der Waals surface area contributed by atoms with Gasteiger partial charge in [0.25, 0.3) is 0 Å². The smallest absolute Gasteiger partial charge is 0.418 e. The largest absolute Gasteiger partial charge is 0.673 e. The summed E-state index contributed by atoms with van der Waals surface area (Å²) in [5.41, 5.74) is 11.6. The molecule has 3 nitrogen and oxygen atoms in total. The van der Waals surface area contributed by atoms with Crippen LogP contribution in [0.3, 0.4) is 0 Å². The third kappa shape index (κ3) is 9.06. The molecule has 0 bridgehead atoms. The highest BCUT2D eigenvalue weighted by atomic mass is 19.5. The zero-order chi connectivity index (χ0) is 31.5. The Bertz CT molecular complexity index is 1700. The number of hydrogen-bond donors (Lipinski definition) is 3. The molecule has 1 aliphatic rings. The summed E-state index contributed by atoms with van der Waals surface area (Å²) in [6.07, 6.45) is 6.18. The van der Waals surface area contributed by atoms with E-state index in [1.54, 1.807) is 0 Å². The molecule has 0 unspecified atom stereocenters. The summed E-state index contributed by atoms with van der Waals surface area (Å²) in [5.74, 6) is 0. The summed E-state index contributed by atoms with van der Waals surface area (Å²) in [4.78, 5) is 3.89. The van der Waals surface area contributed by atoms with Gasteiger partial charge >= 0.3 is 7.25 Å². The molecule has 1 saturated carbocycles. The van der Waals surface area contributed by atoms with Crippen LogP contribution in [0.2, 0.25) is 0 Å². The fourth-order valence-electron chi connectivity index (χ4n) is 5.15. The molecule has 5 aromatic carbocycles. The van der Waals surface area contributed by atoms with Crippen LogP contribution in [0.5, 0.6) is 0 Å². The first-order valence-corrected chi connectivity index (χ1v) is 14.6. The van der Waals surface area contributed by atoms with E-state index in [2.05, 4.69) is 155 Å². The van der Waals surface area contributed by atoms with Gasteiger partial charge in [0.05, 0.1) is 5.56 Å². The van der Waals surface area contributed by atoms with Gasteiger partial charge in [0.1, 0.15) is 0 Å². The minimum atomic E-state index is -6.00. The fraction of sp³-hybridized carbons (Fsp3) is 0.0541. The highest BCUT2D eigenvalue weighted by molar-refractivity contribution is 6.50. The second-order valence-electron chi connectivity index (χ2n) is 10.3. The van der Waals surface area contributed by atoms with Gasteiger partial charge in [-0.25, -0.2) is 4.99 Å². The molecule has 0 aliphatic heterocycles. The van der Waals surface area contributed by atoms with Crippen LogP contribution in [0.15, 0.2) is 163 Å². The van der Waals surface area contributed by atoms with Crippen molar-refractivity contribution < 1.29 is 22.3 Å². The normalized spacial score (nSPS) is 15.5. The molecular formula is C37H32BF4N3. The molecule has 0 amide bonds. The predicted octanol–water partition coefficient (Wildman–Crippen LogP) is 9.26. The molecule has 45 heavy (non-hydrogen) atoms. The van der Waals surface area contributed by atoms with Gasteiger partial charge in [-0.3, -0.25) is 0 Å². The number of nitrogens with one attached hydrogen (secondary N) is 3. The third-order valence-corrected chi connectivity index (χ3v) is 7.15. The zero-order valence-corrected chi connectivity index (χ0v) is 24.4. The fourth-order valence-corrected chi connectivity index (χ4v) is 5.15. The van der Waals surface area contributed by atoms with E-state index in [-0.39, 0.29) is 0 Å². The Morgan fingerprint density at radius 3 is 1.40 bits per heavy atom. The van der Waals surface area contributed by atoms with Gasteiger partial charge in [-0.15, -0.1) is 0 Å². The van der Waals surface area contributed by atoms with Crippen molar-refractivity contribution in [2.24, 2.45) is 0 Å². The zero-order valence-electron chi connectivity index (χ0n) is 24.4. The van der Waals surface area contributed by atoms with Crippen LogP contribution in [0.4, 0.5) is 34.3 Å². The Morgan fingerprint density at radius 2 is 0.933 bits per heavy atom. The Labute approximate surface area is 260 Å². The van der Waals surface area contributed by atoms with E-state index in [0.717, 1.165) is 35.6 Å². The molecule has 0 aromatic heterocycles. The molecule has 6 rings (SSSR count). The maximum atomic E-state index is 9.75. The average Bonchev–Trinajstić information content (AvgIpc) is 3.44. The molecule has 0 heterocycles. The molecule has 1 fully saturated rings. The van der Waals surface area contributed by atoms with E-state index in [0.29, 0.717) is 0 Å². The first kappa shape index (κ1) is 31.1. The lowest BCUT2D eigenvalue weighted by molar-refractivity contribution is -0.351. The number of benzene rings is 5. The van der Waals surface area contributed by atoms with E-state index < -0.39 is 7.25 Å². The number of allylic oxidation sites excluding steroid dienone is 2. The van der Waals surface area contributed by atoms with Crippen molar-refractivity contribution >= 4 is 30.0 Å². The van der Waals surface area contributed by atoms with E-state index in [1.807, 2.05) is 12.1 Å². The lowest BCUT2D eigenvalue weighted by Crippen LogP contribution is -2.67. The maximum Gasteiger partial charge on any atom is 0.673 e. The molecule has 0 saturated heterocycles. The summed E-state index contributed by atoms with van der Waals surface area (Å²) >= 11 is 0. The summed E-state index contributed by atoms with van der Waals surface area (Å²) in [6, 6.07) is 48.4. The number of rotatable bonds is 7. The van der Waals surface area contributed by atoms with Gasteiger partial charge in [-0.1, -0.05) is 109 Å². The van der Waals surface area contributed by atoms with Crippen molar-refractivity contribution in [3.05, 3.63) is 163 Å². The Kier molecular flexibility index (Phi) is 10.3. The van der Waals surface area contributed by atoms with Crippen LogP contribution < -0.4 is 15.6 Å². The minimum absolute atomic E-state index is 0.948. The topological polar surface area (TPSA) is 38.0 Å². The van der Waals surface area contributed by atoms with Crippen molar-refractivity contribution in [1.29, 1.82) is 0 Å². The van der Waals surface area contributed by atoms with Crippen molar-refractivity contribution in [3.8, 4) is 22.3 Å². The van der Waals surface area contributed by atoms with Crippen LogP contribution in [0, 0.1) is 0 Å². The van der Waals surface area contributed by atoms with Crippen molar-refractivity contribution in [2.45, 2.75) is 12.8 Å². The Morgan fingerprint density at radius 1 is 0.511 bits per heavy atom. The highest BCUT2D eigenvalue weighted by Crippen LogP contribution is 2.36. The van der Waals surface area contributed by atoms with Gasteiger partial charge in [0.15, 0.2) is 0 Å². The van der Waals surface area contributed by atoms with Gasteiger partial charge in [0, 0.05) is 41.0 Å². The quantitative estimate of drug-likeness (QED) is 0.128. The van der Waals surface area contributed by atoms with Gasteiger partial charge in [0.2, 0.25) is 11.4 Å². The van der Waals surface area contributed by atoms with Crippen LogP contribution in [0.1, 0.15) is 12.8 Å².